The molecule has 17 heavy (non-hydrogen) atoms. The Balaban J connectivity index is 1.67. The fourth-order valence-corrected chi connectivity index (χ4v) is 2.84. The third-order valence-electron chi connectivity index (χ3n) is 3.74. The molecule has 3 rings (SSSR count). The van der Waals surface area contributed by atoms with Crippen molar-refractivity contribution in [1.29, 1.82) is 0 Å². The van der Waals surface area contributed by atoms with E-state index in [1.54, 1.807) is 6.20 Å². The van der Waals surface area contributed by atoms with Crippen LogP contribution in [0.2, 0.25) is 5.15 Å². The largest absolute Gasteiger partial charge is 0.378 e. The number of rotatable bonds is 3. The fraction of sp³-hybridized carbons (Fsp3) is 0.615. The fourth-order valence-electron chi connectivity index (χ4n) is 2.58. The lowest BCUT2D eigenvalue weighted by Gasteiger charge is -2.18. The van der Waals surface area contributed by atoms with Crippen LogP contribution < -0.4 is 5.32 Å². The number of nitrogens with zero attached hydrogens (tertiary/aromatic N) is 2. The van der Waals surface area contributed by atoms with Gasteiger partial charge in [0, 0.05) is 31.4 Å². The summed E-state index contributed by atoms with van der Waals surface area (Å²) in [5.74, 6) is 0. The molecule has 1 aliphatic carbocycles. The van der Waals surface area contributed by atoms with E-state index in [0.29, 0.717) is 11.2 Å². The highest BCUT2D eigenvalue weighted by Crippen LogP contribution is 2.31. The smallest absolute Gasteiger partial charge is 0.152 e. The van der Waals surface area contributed by atoms with Crippen LogP contribution in [0.1, 0.15) is 24.8 Å². The summed E-state index contributed by atoms with van der Waals surface area (Å²) in [6.07, 6.45) is 5.74. The minimum atomic E-state index is 0.524. The number of aromatic nitrogens is 1. The lowest BCUT2D eigenvalue weighted by Crippen LogP contribution is -2.28. The third-order valence-corrected chi connectivity index (χ3v) is 4.03. The van der Waals surface area contributed by atoms with Gasteiger partial charge in [0.05, 0.1) is 5.69 Å². The van der Waals surface area contributed by atoms with Gasteiger partial charge in [0.2, 0.25) is 0 Å². The van der Waals surface area contributed by atoms with Gasteiger partial charge < -0.3 is 5.32 Å². The molecule has 4 heteroatoms. The second-order valence-corrected chi connectivity index (χ2v) is 5.51. The molecule has 3 nitrogen and oxygen atoms in total. The Morgan fingerprint density at radius 3 is 2.94 bits per heavy atom. The first kappa shape index (κ1) is 11.3. The topological polar surface area (TPSA) is 28.2 Å². The van der Waals surface area contributed by atoms with Crippen molar-refractivity contribution < 1.29 is 0 Å². The first-order valence-corrected chi connectivity index (χ1v) is 6.73. The maximum atomic E-state index is 6.13. The van der Waals surface area contributed by atoms with Crippen molar-refractivity contribution in [2.75, 3.05) is 18.4 Å². The van der Waals surface area contributed by atoms with Crippen LogP contribution in [0.4, 0.5) is 5.69 Å². The highest BCUT2D eigenvalue weighted by molar-refractivity contribution is 6.32. The van der Waals surface area contributed by atoms with E-state index in [-0.39, 0.29) is 0 Å². The number of hydrogen-bond donors (Lipinski definition) is 1. The summed E-state index contributed by atoms with van der Waals surface area (Å²) in [5, 5.41) is 4.15. The van der Waals surface area contributed by atoms with E-state index < -0.39 is 0 Å². The zero-order chi connectivity index (χ0) is 11.8. The predicted octanol–water partition coefficient (Wildman–Crippen LogP) is 2.69. The van der Waals surface area contributed by atoms with Crippen LogP contribution in [0.15, 0.2) is 12.3 Å². The van der Waals surface area contributed by atoms with Crippen LogP contribution in [0, 0.1) is 6.92 Å². The van der Waals surface area contributed by atoms with Gasteiger partial charge in [-0.25, -0.2) is 4.98 Å². The number of halogens is 1. The molecule has 1 unspecified atom stereocenters. The van der Waals surface area contributed by atoms with Crippen molar-refractivity contribution in [2.24, 2.45) is 0 Å². The minimum Gasteiger partial charge on any atom is -0.378 e. The van der Waals surface area contributed by atoms with Crippen LogP contribution in [0.25, 0.3) is 0 Å². The Kier molecular flexibility index (Phi) is 2.97. The Bertz CT molecular complexity index is 397. The molecule has 2 fully saturated rings. The standard InChI is InChI=1S/C13H18ClN3/c1-9-4-6-15-13(14)12(9)16-10-5-7-17(8-10)11-2-3-11/h4,6,10-11,16H,2-3,5,7-8H2,1H3. The first-order chi connectivity index (χ1) is 8.24. The Morgan fingerprint density at radius 2 is 2.24 bits per heavy atom. The molecule has 1 aromatic rings. The van der Waals surface area contributed by atoms with Crippen molar-refractivity contribution >= 4 is 17.3 Å². The van der Waals surface area contributed by atoms with Gasteiger partial charge in [0.1, 0.15) is 0 Å². The van der Waals surface area contributed by atoms with Crippen LogP contribution >= 0.6 is 11.6 Å². The van der Waals surface area contributed by atoms with Crippen molar-refractivity contribution in [2.45, 2.75) is 38.3 Å². The summed E-state index contributed by atoms with van der Waals surface area (Å²) in [4.78, 5) is 6.73. The summed E-state index contributed by atoms with van der Waals surface area (Å²) in [5.41, 5.74) is 2.19. The van der Waals surface area contributed by atoms with Gasteiger partial charge in [-0.15, -0.1) is 0 Å². The summed E-state index contributed by atoms with van der Waals surface area (Å²) in [6.45, 7) is 4.44. The average molecular weight is 252 g/mol. The van der Waals surface area contributed by atoms with Gasteiger partial charge in [-0.3, -0.25) is 4.90 Å². The van der Waals surface area contributed by atoms with Gasteiger partial charge in [-0.2, -0.15) is 0 Å². The zero-order valence-corrected chi connectivity index (χ0v) is 10.9. The summed E-state index contributed by atoms with van der Waals surface area (Å²) in [7, 11) is 0. The molecule has 1 saturated heterocycles. The molecule has 1 N–H and O–H groups in total. The van der Waals surface area contributed by atoms with E-state index >= 15 is 0 Å². The monoisotopic (exact) mass is 251 g/mol. The number of pyridine rings is 1. The van der Waals surface area contributed by atoms with Crippen molar-refractivity contribution in [3.63, 3.8) is 0 Å². The number of hydrogen-bond acceptors (Lipinski definition) is 3. The van der Waals surface area contributed by atoms with Gasteiger partial charge in [0.15, 0.2) is 5.15 Å². The lowest BCUT2D eigenvalue weighted by molar-refractivity contribution is 0.326. The Morgan fingerprint density at radius 1 is 1.41 bits per heavy atom. The molecule has 2 heterocycles. The number of likely N-dealkylation sites (tertiary alicyclic amines) is 1. The normalized spacial score (nSPS) is 25.2. The molecule has 1 aliphatic heterocycles. The SMILES string of the molecule is Cc1ccnc(Cl)c1NC1CCN(C2CC2)C1. The Hall–Kier alpha value is -0.800. The Labute approximate surface area is 107 Å². The van der Waals surface area contributed by atoms with Gasteiger partial charge in [0.25, 0.3) is 0 Å². The predicted molar refractivity (Wildman–Crippen MR) is 70.6 cm³/mol. The third kappa shape index (κ3) is 2.40. The molecule has 0 spiro atoms. The molecule has 1 aromatic heterocycles. The van der Waals surface area contributed by atoms with E-state index in [4.69, 9.17) is 11.6 Å². The summed E-state index contributed by atoms with van der Waals surface area (Å²) in [6, 6.07) is 3.39. The molecule has 0 aromatic carbocycles. The van der Waals surface area contributed by atoms with Gasteiger partial charge in [-0.05, 0) is 37.8 Å². The maximum absolute atomic E-state index is 6.13. The summed E-state index contributed by atoms with van der Waals surface area (Å²) < 4.78 is 0. The van der Waals surface area contributed by atoms with Crippen LogP contribution in [-0.4, -0.2) is 35.1 Å². The summed E-state index contributed by atoms with van der Waals surface area (Å²) >= 11 is 6.13. The van der Waals surface area contributed by atoms with Gasteiger partial charge >= 0.3 is 0 Å². The number of anilines is 1. The molecule has 92 valence electrons. The van der Waals surface area contributed by atoms with Crippen molar-refractivity contribution in [3.8, 4) is 0 Å². The highest BCUT2D eigenvalue weighted by atomic mass is 35.5. The quantitative estimate of drug-likeness (QED) is 0.838. The van der Waals surface area contributed by atoms with E-state index in [1.165, 1.54) is 31.4 Å². The average Bonchev–Trinajstić information content (AvgIpc) is 3.05. The second kappa shape index (κ2) is 4.46. The number of nitrogens with one attached hydrogen (secondary N) is 1. The van der Waals surface area contributed by atoms with E-state index in [9.17, 15) is 0 Å². The highest BCUT2D eigenvalue weighted by Gasteiger charge is 2.34. The maximum Gasteiger partial charge on any atom is 0.152 e. The van der Waals surface area contributed by atoms with E-state index in [2.05, 4.69) is 22.1 Å². The van der Waals surface area contributed by atoms with Crippen molar-refractivity contribution in [3.05, 3.63) is 23.0 Å². The second-order valence-electron chi connectivity index (χ2n) is 5.15. The molecule has 0 bridgehead atoms. The van der Waals surface area contributed by atoms with Gasteiger partial charge in [-0.1, -0.05) is 11.6 Å². The van der Waals surface area contributed by atoms with Crippen LogP contribution in [0.5, 0.6) is 0 Å². The van der Waals surface area contributed by atoms with Crippen LogP contribution in [0.3, 0.4) is 0 Å². The molecule has 1 atom stereocenters. The zero-order valence-electron chi connectivity index (χ0n) is 10.1. The first-order valence-electron chi connectivity index (χ1n) is 6.36. The van der Waals surface area contributed by atoms with E-state index in [1.807, 2.05) is 6.07 Å². The molecule has 1 saturated carbocycles. The molecule has 2 aliphatic rings. The molecular weight excluding hydrogens is 234 g/mol. The minimum absolute atomic E-state index is 0.524. The molecular formula is C13H18ClN3. The van der Waals surface area contributed by atoms with Crippen LogP contribution in [-0.2, 0) is 0 Å². The number of aryl methyl sites for hydroxylation is 1. The van der Waals surface area contributed by atoms with E-state index in [0.717, 1.165) is 18.3 Å². The van der Waals surface area contributed by atoms with Crippen molar-refractivity contribution in [1.82, 2.24) is 9.88 Å². The molecule has 0 radical (unpaired) electrons. The molecule has 0 amide bonds. The lowest BCUT2D eigenvalue weighted by atomic mass is 10.2.